The highest BCUT2D eigenvalue weighted by atomic mass is 19.1. The normalized spacial score (nSPS) is 19.5. The van der Waals surface area contributed by atoms with E-state index in [9.17, 15) is 18.4 Å². The summed E-state index contributed by atoms with van der Waals surface area (Å²) in [5.41, 5.74) is 0.352. The molecule has 1 atom stereocenters. The maximum atomic E-state index is 13.2. The summed E-state index contributed by atoms with van der Waals surface area (Å²) in [6, 6.07) is 2.39. The fourth-order valence-electron chi connectivity index (χ4n) is 2.72. The van der Waals surface area contributed by atoms with Crippen LogP contribution in [0.15, 0.2) is 18.2 Å². The van der Waals surface area contributed by atoms with Crippen molar-refractivity contribution in [3.8, 4) is 0 Å². The number of likely N-dealkylation sites (N-methyl/N-ethyl adjacent to an activating group) is 1. The van der Waals surface area contributed by atoms with Crippen LogP contribution < -0.4 is 0 Å². The molecule has 7 heteroatoms. The fourth-order valence-corrected chi connectivity index (χ4v) is 2.72. The molecule has 0 saturated carbocycles. The third kappa shape index (κ3) is 3.79. The van der Waals surface area contributed by atoms with Crippen molar-refractivity contribution in [3.63, 3.8) is 0 Å². The van der Waals surface area contributed by atoms with E-state index in [2.05, 4.69) is 0 Å². The van der Waals surface area contributed by atoms with Gasteiger partial charge in [0.25, 0.3) is 0 Å². The number of rotatable bonds is 5. The lowest BCUT2D eigenvalue weighted by atomic mass is 10.1. The number of carboxylic acids is 1. The number of carboxylic acid groups (broad SMARTS) is 1. The summed E-state index contributed by atoms with van der Waals surface area (Å²) < 4.78 is 26.4. The van der Waals surface area contributed by atoms with Gasteiger partial charge in [0.15, 0.2) is 0 Å². The first-order valence-corrected chi connectivity index (χ1v) is 7.10. The highest BCUT2D eigenvalue weighted by Crippen LogP contribution is 2.18. The van der Waals surface area contributed by atoms with E-state index in [1.807, 2.05) is 6.92 Å². The quantitative estimate of drug-likeness (QED) is 0.894. The molecule has 1 unspecified atom stereocenters. The minimum absolute atomic E-state index is 0.0706. The van der Waals surface area contributed by atoms with Gasteiger partial charge in [-0.25, -0.2) is 8.78 Å². The van der Waals surface area contributed by atoms with Crippen molar-refractivity contribution in [3.05, 3.63) is 35.4 Å². The lowest BCUT2D eigenvalue weighted by molar-refractivity contribution is -0.149. The van der Waals surface area contributed by atoms with Crippen molar-refractivity contribution in [2.75, 3.05) is 19.6 Å². The molecule has 0 radical (unpaired) electrons. The maximum absolute atomic E-state index is 13.2. The van der Waals surface area contributed by atoms with Gasteiger partial charge in [-0.15, -0.1) is 0 Å². The SMILES string of the molecule is CCN1CCN(Cc2cc(F)cc(F)c2)C(=O)C1CC(=O)O. The Morgan fingerprint density at radius 3 is 2.45 bits per heavy atom. The molecule has 1 aromatic carbocycles. The van der Waals surface area contributed by atoms with E-state index in [1.54, 1.807) is 4.90 Å². The monoisotopic (exact) mass is 312 g/mol. The Morgan fingerprint density at radius 2 is 1.91 bits per heavy atom. The Labute approximate surface area is 127 Å². The Hall–Kier alpha value is -2.02. The van der Waals surface area contributed by atoms with Gasteiger partial charge in [0.05, 0.1) is 12.5 Å². The average Bonchev–Trinajstić information content (AvgIpc) is 2.42. The van der Waals surface area contributed by atoms with Crippen LogP contribution in [0.1, 0.15) is 18.9 Å². The molecule has 1 N–H and O–H groups in total. The zero-order chi connectivity index (χ0) is 16.3. The Balaban J connectivity index is 2.14. The molecule has 1 aliphatic heterocycles. The van der Waals surface area contributed by atoms with Crippen molar-refractivity contribution >= 4 is 11.9 Å². The van der Waals surface area contributed by atoms with E-state index < -0.39 is 23.6 Å². The van der Waals surface area contributed by atoms with Crippen LogP contribution in [0.2, 0.25) is 0 Å². The van der Waals surface area contributed by atoms with E-state index in [-0.39, 0.29) is 18.9 Å². The number of nitrogens with zero attached hydrogens (tertiary/aromatic N) is 2. The highest BCUT2D eigenvalue weighted by molar-refractivity contribution is 5.86. The van der Waals surface area contributed by atoms with Crippen LogP contribution in [0.5, 0.6) is 0 Å². The van der Waals surface area contributed by atoms with Crippen molar-refractivity contribution in [2.24, 2.45) is 0 Å². The van der Waals surface area contributed by atoms with Crippen LogP contribution in [0.3, 0.4) is 0 Å². The summed E-state index contributed by atoms with van der Waals surface area (Å²) in [4.78, 5) is 26.6. The first-order valence-electron chi connectivity index (χ1n) is 7.10. The summed E-state index contributed by atoms with van der Waals surface area (Å²) >= 11 is 0. The molecule has 0 aliphatic carbocycles. The molecule has 1 saturated heterocycles. The highest BCUT2D eigenvalue weighted by Gasteiger charge is 2.35. The van der Waals surface area contributed by atoms with Gasteiger partial charge in [-0.2, -0.15) is 0 Å². The minimum atomic E-state index is -1.05. The number of carbonyl (C=O) groups is 2. The number of benzene rings is 1. The molecular formula is C15H18F2N2O3. The van der Waals surface area contributed by atoms with Crippen LogP contribution in [-0.2, 0) is 16.1 Å². The molecule has 120 valence electrons. The smallest absolute Gasteiger partial charge is 0.305 e. The van der Waals surface area contributed by atoms with E-state index in [1.165, 1.54) is 17.0 Å². The number of amides is 1. The number of halogens is 2. The van der Waals surface area contributed by atoms with Gasteiger partial charge in [-0.05, 0) is 24.2 Å². The second-order valence-electron chi connectivity index (χ2n) is 5.28. The molecule has 22 heavy (non-hydrogen) atoms. The summed E-state index contributed by atoms with van der Waals surface area (Å²) in [5.74, 6) is -2.76. The molecule has 2 rings (SSSR count). The molecular weight excluding hydrogens is 294 g/mol. The van der Waals surface area contributed by atoms with Crippen LogP contribution in [-0.4, -0.2) is 52.5 Å². The van der Waals surface area contributed by atoms with Crippen molar-refractivity contribution in [1.82, 2.24) is 9.80 Å². The average molecular weight is 312 g/mol. The number of hydrogen-bond acceptors (Lipinski definition) is 3. The van der Waals surface area contributed by atoms with Gasteiger partial charge < -0.3 is 10.0 Å². The molecule has 1 aliphatic rings. The molecule has 1 fully saturated rings. The van der Waals surface area contributed by atoms with Crippen molar-refractivity contribution in [2.45, 2.75) is 25.9 Å². The molecule has 0 spiro atoms. The topological polar surface area (TPSA) is 60.9 Å². The third-order valence-corrected chi connectivity index (χ3v) is 3.76. The standard InChI is InChI=1S/C15H18F2N2O3/c1-2-18-3-4-19(15(22)13(18)8-14(20)21)9-10-5-11(16)7-12(17)6-10/h5-7,13H,2-4,8-9H2,1H3,(H,20,21). The zero-order valence-electron chi connectivity index (χ0n) is 12.3. The summed E-state index contributed by atoms with van der Waals surface area (Å²) in [7, 11) is 0. The Bertz CT molecular complexity index is 560. The number of carbonyl (C=O) groups excluding carboxylic acids is 1. The number of aliphatic carboxylic acids is 1. The Kier molecular flexibility index (Phi) is 5.07. The van der Waals surface area contributed by atoms with Gasteiger partial charge in [0, 0.05) is 25.7 Å². The van der Waals surface area contributed by atoms with Gasteiger partial charge in [-0.1, -0.05) is 6.92 Å². The van der Waals surface area contributed by atoms with E-state index in [0.29, 0.717) is 25.2 Å². The molecule has 0 bridgehead atoms. The third-order valence-electron chi connectivity index (χ3n) is 3.76. The number of piperazine rings is 1. The first kappa shape index (κ1) is 16.4. The van der Waals surface area contributed by atoms with Gasteiger partial charge in [0.2, 0.25) is 5.91 Å². The van der Waals surface area contributed by atoms with E-state index in [4.69, 9.17) is 5.11 Å². The van der Waals surface area contributed by atoms with Crippen LogP contribution in [0.4, 0.5) is 8.78 Å². The Morgan fingerprint density at radius 1 is 1.27 bits per heavy atom. The van der Waals surface area contributed by atoms with Gasteiger partial charge in [-0.3, -0.25) is 14.5 Å². The van der Waals surface area contributed by atoms with Crippen molar-refractivity contribution in [1.29, 1.82) is 0 Å². The largest absolute Gasteiger partial charge is 0.481 e. The zero-order valence-corrected chi connectivity index (χ0v) is 12.3. The predicted molar refractivity (Wildman–Crippen MR) is 75.1 cm³/mol. The molecule has 1 heterocycles. The second kappa shape index (κ2) is 6.83. The lowest BCUT2D eigenvalue weighted by Gasteiger charge is -2.39. The maximum Gasteiger partial charge on any atom is 0.305 e. The summed E-state index contributed by atoms with van der Waals surface area (Å²) in [6.07, 6.45) is -0.277. The van der Waals surface area contributed by atoms with E-state index in [0.717, 1.165) is 6.07 Å². The number of hydrogen-bond donors (Lipinski definition) is 1. The predicted octanol–water partition coefficient (Wildman–Crippen LogP) is 1.47. The summed E-state index contributed by atoms with van der Waals surface area (Å²) in [5, 5.41) is 8.95. The molecule has 1 aromatic rings. The lowest BCUT2D eigenvalue weighted by Crippen LogP contribution is -2.57. The molecule has 0 aromatic heterocycles. The summed E-state index contributed by atoms with van der Waals surface area (Å²) in [6.45, 7) is 3.45. The van der Waals surface area contributed by atoms with Gasteiger partial charge >= 0.3 is 5.97 Å². The first-order chi connectivity index (χ1) is 10.4. The van der Waals surface area contributed by atoms with E-state index >= 15 is 0 Å². The van der Waals surface area contributed by atoms with Crippen LogP contribution in [0, 0.1) is 11.6 Å². The fraction of sp³-hybridized carbons (Fsp3) is 0.467. The molecule has 5 nitrogen and oxygen atoms in total. The van der Waals surface area contributed by atoms with Crippen molar-refractivity contribution < 1.29 is 23.5 Å². The van der Waals surface area contributed by atoms with Crippen LogP contribution in [0.25, 0.3) is 0 Å². The van der Waals surface area contributed by atoms with Crippen LogP contribution >= 0.6 is 0 Å². The van der Waals surface area contributed by atoms with Gasteiger partial charge in [0.1, 0.15) is 11.6 Å². The molecule has 1 amide bonds. The second-order valence-corrected chi connectivity index (χ2v) is 5.28. The minimum Gasteiger partial charge on any atom is -0.481 e.